The van der Waals surface area contributed by atoms with Gasteiger partial charge in [0.05, 0.1) is 5.56 Å². The van der Waals surface area contributed by atoms with Crippen LogP contribution in [0.4, 0.5) is 0 Å². The van der Waals surface area contributed by atoms with Gasteiger partial charge in [0.1, 0.15) is 11.5 Å². The number of rotatable bonds is 3. The molecular formula is C14H13NO3. The van der Waals surface area contributed by atoms with Crippen LogP contribution in [-0.4, -0.2) is 16.1 Å². The Labute approximate surface area is 105 Å². The second-order valence-electron chi connectivity index (χ2n) is 3.97. The summed E-state index contributed by atoms with van der Waals surface area (Å²) < 4.78 is 5.68. The van der Waals surface area contributed by atoms with Crippen LogP contribution in [0.2, 0.25) is 0 Å². The first kappa shape index (κ1) is 12.1. The van der Waals surface area contributed by atoms with Crippen molar-refractivity contribution in [3.05, 3.63) is 53.3 Å². The van der Waals surface area contributed by atoms with Gasteiger partial charge in [0, 0.05) is 23.5 Å². The third-order valence-electron chi connectivity index (χ3n) is 2.61. The van der Waals surface area contributed by atoms with Gasteiger partial charge < -0.3 is 9.84 Å². The molecule has 1 aromatic heterocycles. The molecule has 0 unspecified atom stereocenters. The van der Waals surface area contributed by atoms with Crippen molar-refractivity contribution in [2.75, 3.05) is 0 Å². The van der Waals surface area contributed by atoms with Crippen LogP contribution < -0.4 is 4.74 Å². The van der Waals surface area contributed by atoms with Gasteiger partial charge in [-0.25, -0.2) is 4.79 Å². The number of pyridine rings is 1. The molecule has 1 aromatic carbocycles. The van der Waals surface area contributed by atoms with Crippen molar-refractivity contribution in [3.63, 3.8) is 0 Å². The normalized spacial score (nSPS) is 10.1. The highest BCUT2D eigenvalue weighted by Crippen LogP contribution is 2.27. The molecule has 4 heteroatoms. The topological polar surface area (TPSA) is 59.4 Å². The number of nitrogens with zero attached hydrogens (tertiary/aromatic N) is 1. The summed E-state index contributed by atoms with van der Waals surface area (Å²) in [7, 11) is 0. The average molecular weight is 243 g/mol. The number of aryl methyl sites for hydroxylation is 1. The Bertz CT molecular complexity index is 593. The first-order valence-corrected chi connectivity index (χ1v) is 5.51. The van der Waals surface area contributed by atoms with E-state index in [-0.39, 0.29) is 5.56 Å². The lowest BCUT2D eigenvalue weighted by molar-refractivity contribution is 0.0695. The lowest BCUT2D eigenvalue weighted by Gasteiger charge is -2.10. The summed E-state index contributed by atoms with van der Waals surface area (Å²) in [4.78, 5) is 15.1. The molecule has 2 aromatic rings. The number of aromatic carboxylic acids is 1. The number of aromatic nitrogens is 1. The molecule has 18 heavy (non-hydrogen) atoms. The lowest BCUT2D eigenvalue weighted by atomic mass is 10.1. The van der Waals surface area contributed by atoms with Crippen LogP contribution in [0, 0.1) is 13.8 Å². The molecule has 0 aliphatic rings. The highest BCUT2D eigenvalue weighted by Gasteiger charge is 2.11. The lowest BCUT2D eigenvalue weighted by Crippen LogP contribution is -2.01. The zero-order valence-electron chi connectivity index (χ0n) is 10.2. The number of carboxylic acid groups (broad SMARTS) is 1. The first-order chi connectivity index (χ1) is 8.58. The molecule has 2 rings (SSSR count). The van der Waals surface area contributed by atoms with Gasteiger partial charge in [0.25, 0.3) is 0 Å². The summed E-state index contributed by atoms with van der Waals surface area (Å²) >= 11 is 0. The summed E-state index contributed by atoms with van der Waals surface area (Å²) in [6.07, 6.45) is 1.65. The fourth-order valence-corrected chi connectivity index (χ4v) is 1.67. The van der Waals surface area contributed by atoms with Gasteiger partial charge in [-0.3, -0.25) is 4.98 Å². The van der Waals surface area contributed by atoms with Crippen LogP contribution in [0.3, 0.4) is 0 Å². The maximum atomic E-state index is 11.0. The summed E-state index contributed by atoms with van der Waals surface area (Å²) in [5.74, 6) is 0.234. The van der Waals surface area contributed by atoms with Crippen LogP contribution in [0.5, 0.6) is 11.5 Å². The fraction of sp³-hybridized carbons (Fsp3) is 0.143. The number of benzene rings is 1. The van der Waals surface area contributed by atoms with Crippen LogP contribution >= 0.6 is 0 Å². The summed E-state index contributed by atoms with van der Waals surface area (Å²) in [6, 6.07) is 8.51. The van der Waals surface area contributed by atoms with Gasteiger partial charge in [-0.2, -0.15) is 0 Å². The average Bonchev–Trinajstić information content (AvgIpc) is 2.31. The zero-order chi connectivity index (χ0) is 13.1. The summed E-state index contributed by atoms with van der Waals surface area (Å²) in [6.45, 7) is 3.60. The van der Waals surface area contributed by atoms with Gasteiger partial charge in [-0.1, -0.05) is 6.07 Å². The molecule has 0 fully saturated rings. The van der Waals surface area contributed by atoms with E-state index in [1.165, 1.54) is 0 Å². The minimum absolute atomic E-state index is 0.248. The smallest absolute Gasteiger partial charge is 0.336 e. The second kappa shape index (κ2) is 4.87. The van der Waals surface area contributed by atoms with E-state index in [2.05, 4.69) is 4.98 Å². The van der Waals surface area contributed by atoms with Crippen LogP contribution in [-0.2, 0) is 0 Å². The molecule has 0 spiro atoms. The quantitative estimate of drug-likeness (QED) is 0.899. The minimum atomic E-state index is -0.955. The van der Waals surface area contributed by atoms with Crippen LogP contribution in [0.1, 0.15) is 21.6 Å². The van der Waals surface area contributed by atoms with Gasteiger partial charge >= 0.3 is 5.97 Å². The number of carboxylic acids is 1. The molecule has 1 heterocycles. The predicted octanol–water partition coefficient (Wildman–Crippen LogP) is 3.19. The standard InChI is InChI=1S/C14H13NO3/c1-9-8-11(6-7-15-9)18-13-5-3-4-12(10(13)2)14(16)17/h3-8H,1-2H3,(H,16,17). The Balaban J connectivity index is 2.35. The number of hydrogen-bond donors (Lipinski definition) is 1. The van der Waals surface area contributed by atoms with Crippen molar-refractivity contribution in [1.82, 2.24) is 4.98 Å². The van der Waals surface area contributed by atoms with Crippen LogP contribution in [0.25, 0.3) is 0 Å². The summed E-state index contributed by atoms with van der Waals surface area (Å²) in [5, 5.41) is 9.03. The van der Waals surface area contributed by atoms with Crippen molar-refractivity contribution in [3.8, 4) is 11.5 Å². The maximum Gasteiger partial charge on any atom is 0.336 e. The van der Waals surface area contributed by atoms with Crippen molar-refractivity contribution >= 4 is 5.97 Å². The van der Waals surface area contributed by atoms with Crippen molar-refractivity contribution in [2.45, 2.75) is 13.8 Å². The molecule has 0 aliphatic heterocycles. The minimum Gasteiger partial charge on any atom is -0.478 e. The van der Waals surface area contributed by atoms with Gasteiger partial charge in [0.15, 0.2) is 0 Å². The van der Waals surface area contributed by atoms with Crippen LogP contribution in [0.15, 0.2) is 36.5 Å². The molecule has 0 aliphatic carbocycles. The third-order valence-corrected chi connectivity index (χ3v) is 2.61. The Morgan fingerprint density at radius 1 is 1.28 bits per heavy atom. The molecule has 0 atom stereocenters. The maximum absolute atomic E-state index is 11.0. The van der Waals surface area contributed by atoms with E-state index < -0.39 is 5.97 Å². The van der Waals surface area contributed by atoms with Crippen molar-refractivity contribution in [1.29, 1.82) is 0 Å². The molecule has 92 valence electrons. The van der Waals surface area contributed by atoms with E-state index in [0.29, 0.717) is 17.1 Å². The highest BCUT2D eigenvalue weighted by molar-refractivity contribution is 5.90. The predicted molar refractivity (Wildman–Crippen MR) is 67.2 cm³/mol. The Morgan fingerprint density at radius 2 is 2.06 bits per heavy atom. The molecule has 0 radical (unpaired) electrons. The molecule has 0 saturated heterocycles. The zero-order valence-corrected chi connectivity index (χ0v) is 10.2. The number of carbonyl (C=O) groups is 1. The van der Waals surface area contributed by atoms with Gasteiger partial charge in [-0.05, 0) is 32.0 Å². The SMILES string of the molecule is Cc1cc(Oc2cccc(C(=O)O)c2C)ccn1. The van der Waals surface area contributed by atoms with E-state index in [1.807, 2.05) is 6.92 Å². The van der Waals surface area contributed by atoms with E-state index in [1.54, 1.807) is 43.5 Å². The molecule has 4 nitrogen and oxygen atoms in total. The molecule has 1 N–H and O–H groups in total. The van der Waals surface area contributed by atoms with E-state index in [4.69, 9.17) is 9.84 Å². The van der Waals surface area contributed by atoms with Gasteiger partial charge in [-0.15, -0.1) is 0 Å². The molecular weight excluding hydrogens is 230 g/mol. The first-order valence-electron chi connectivity index (χ1n) is 5.51. The van der Waals surface area contributed by atoms with Crippen molar-refractivity contribution < 1.29 is 14.6 Å². The Kier molecular flexibility index (Phi) is 3.28. The summed E-state index contributed by atoms with van der Waals surface area (Å²) in [5.41, 5.74) is 1.71. The van der Waals surface area contributed by atoms with E-state index in [0.717, 1.165) is 5.69 Å². The molecule has 0 saturated carbocycles. The Hall–Kier alpha value is -2.36. The Morgan fingerprint density at radius 3 is 2.72 bits per heavy atom. The highest BCUT2D eigenvalue weighted by atomic mass is 16.5. The van der Waals surface area contributed by atoms with Gasteiger partial charge in [0.2, 0.25) is 0 Å². The second-order valence-corrected chi connectivity index (χ2v) is 3.97. The monoisotopic (exact) mass is 243 g/mol. The number of hydrogen-bond acceptors (Lipinski definition) is 3. The van der Waals surface area contributed by atoms with E-state index >= 15 is 0 Å². The molecule has 0 bridgehead atoms. The molecule has 0 amide bonds. The fourth-order valence-electron chi connectivity index (χ4n) is 1.67. The van der Waals surface area contributed by atoms with E-state index in [9.17, 15) is 4.79 Å². The third kappa shape index (κ3) is 2.48. The number of ether oxygens (including phenoxy) is 1. The largest absolute Gasteiger partial charge is 0.478 e. The van der Waals surface area contributed by atoms with Crippen molar-refractivity contribution in [2.24, 2.45) is 0 Å².